The van der Waals surface area contributed by atoms with E-state index < -0.39 is 10.0 Å². The van der Waals surface area contributed by atoms with Crippen molar-refractivity contribution >= 4 is 32.5 Å². The molecule has 0 unspecified atom stereocenters. The Kier molecular flexibility index (Phi) is 4.56. The Morgan fingerprint density at radius 2 is 1.88 bits per heavy atom. The average Bonchev–Trinajstić information content (AvgIpc) is 3.02. The first-order valence-electron chi connectivity index (χ1n) is 7.61. The Morgan fingerprint density at radius 1 is 1.16 bits per heavy atom. The molecule has 0 saturated heterocycles. The SMILES string of the molecule is CN(C)S(=O)(=O)c1ccc(CC(=O)Nc2ccc3cn[nH]c3c2)cc1. The molecule has 0 radical (unpaired) electrons. The molecule has 1 aromatic heterocycles. The summed E-state index contributed by atoms with van der Waals surface area (Å²) in [6, 6.07) is 11.8. The van der Waals surface area contributed by atoms with Gasteiger partial charge in [0, 0.05) is 25.2 Å². The summed E-state index contributed by atoms with van der Waals surface area (Å²) in [4.78, 5) is 12.4. The van der Waals surface area contributed by atoms with Gasteiger partial charge in [0.25, 0.3) is 0 Å². The number of hydrogen-bond donors (Lipinski definition) is 2. The molecular formula is C17H18N4O3S. The number of H-pyrrole nitrogens is 1. The molecule has 25 heavy (non-hydrogen) atoms. The number of hydrogen-bond acceptors (Lipinski definition) is 4. The molecule has 0 aliphatic heterocycles. The van der Waals surface area contributed by atoms with Crippen LogP contribution in [0.4, 0.5) is 5.69 Å². The predicted octanol–water partition coefficient (Wildman–Crippen LogP) is 1.99. The van der Waals surface area contributed by atoms with E-state index in [4.69, 9.17) is 0 Å². The van der Waals surface area contributed by atoms with E-state index in [1.54, 1.807) is 18.3 Å². The summed E-state index contributed by atoms with van der Waals surface area (Å²) in [7, 11) is -0.504. The maximum absolute atomic E-state index is 12.2. The van der Waals surface area contributed by atoms with Crippen LogP contribution in [0.1, 0.15) is 5.56 Å². The molecule has 0 atom stereocenters. The lowest BCUT2D eigenvalue weighted by Crippen LogP contribution is -2.22. The summed E-state index contributed by atoms with van der Waals surface area (Å²) in [6.07, 6.45) is 1.87. The summed E-state index contributed by atoms with van der Waals surface area (Å²) in [5.74, 6) is -0.179. The van der Waals surface area contributed by atoms with Crippen molar-refractivity contribution in [1.29, 1.82) is 0 Å². The molecule has 0 bridgehead atoms. The third kappa shape index (κ3) is 3.70. The van der Waals surface area contributed by atoms with Crippen LogP contribution in [0.2, 0.25) is 0 Å². The van der Waals surface area contributed by atoms with E-state index in [9.17, 15) is 13.2 Å². The molecule has 0 aliphatic rings. The van der Waals surface area contributed by atoms with Crippen LogP contribution in [0.3, 0.4) is 0 Å². The number of carbonyl (C=O) groups excluding carboxylic acids is 1. The van der Waals surface area contributed by atoms with Gasteiger partial charge in [0.05, 0.1) is 23.0 Å². The van der Waals surface area contributed by atoms with Crippen molar-refractivity contribution < 1.29 is 13.2 Å². The average molecular weight is 358 g/mol. The van der Waals surface area contributed by atoms with Crippen LogP contribution in [0.25, 0.3) is 10.9 Å². The number of rotatable bonds is 5. The molecule has 7 nitrogen and oxygen atoms in total. The van der Waals surface area contributed by atoms with Crippen molar-refractivity contribution in [3.05, 3.63) is 54.2 Å². The Morgan fingerprint density at radius 3 is 2.56 bits per heavy atom. The highest BCUT2D eigenvalue weighted by Crippen LogP contribution is 2.18. The first-order chi connectivity index (χ1) is 11.9. The Balaban J connectivity index is 1.68. The van der Waals surface area contributed by atoms with Gasteiger partial charge < -0.3 is 5.32 Å². The zero-order chi connectivity index (χ0) is 18.0. The van der Waals surface area contributed by atoms with Gasteiger partial charge >= 0.3 is 0 Å². The molecule has 0 spiro atoms. The molecule has 3 aromatic rings. The maximum Gasteiger partial charge on any atom is 0.242 e. The minimum atomic E-state index is -3.46. The van der Waals surface area contributed by atoms with Crippen molar-refractivity contribution in [2.24, 2.45) is 0 Å². The van der Waals surface area contributed by atoms with Crippen LogP contribution in [-0.4, -0.2) is 42.9 Å². The fourth-order valence-electron chi connectivity index (χ4n) is 2.40. The largest absolute Gasteiger partial charge is 0.326 e. The molecule has 0 aliphatic carbocycles. The van der Waals surface area contributed by atoms with Gasteiger partial charge in [-0.1, -0.05) is 12.1 Å². The van der Waals surface area contributed by atoms with E-state index >= 15 is 0 Å². The number of aromatic nitrogens is 2. The van der Waals surface area contributed by atoms with E-state index in [-0.39, 0.29) is 17.2 Å². The molecule has 8 heteroatoms. The van der Waals surface area contributed by atoms with E-state index in [1.807, 2.05) is 18.2 Å². The van der Waals surface area contributed by atoms with E-state index in [0.717, 1.165) is 20.8 Å². The van der Waals surface area contributed by atoms with Gasteiger partial charge in [-0.3, -0.25) is 9.89 Å². The second-order valence-corrected chi connectivity index (χ2v) is 7.98. The minimum Gasteiger partial charge on any atom is -0.326 e. The first kappa shape index (κ1) is 17.1. The molecule has 1 amide bonds. The summed E-state index contributed by atoms with van der Waals surface area (Å²) < 4.78 is 25.2. The fraction of sp³-hybridized carbons (Fsp3) is 0.176. The predicted molar refractivity (Wildman–Crippen MR) is 95.7 cm³/mol. The number of nitrogens with one attached hydrogen (secondary N) is 2. The number of fused-ring (bicyclic) bond motifs is 1. The molecule has 0 saturated carbocycles. The van der Waals surface area contributed by atoms with Crippen molar-refractivity contribution in [2.45, 2.75) is 11.3 Å². The number of carbonyl (C=O) groups is 1. The van der Waals surface area contributed by atoms with Gasteiger partial charge in [-0.2, -0.15) is 5.10 Å². The monoisotopic (exact) mass is 358 g/mol. The molecule has 0 fully saturated rings. The van der Waals surface area contributed by atoms with Gasteiger partial charge in [-0.05, 0) is 35.9 Å². The third-order valence-electron chi connectivity index (χ3n) is 3.79. The second-order valence-electron chi connectivity index (χ2n) is 5.83. The molecular weight excluding hydrogens is 340 g/mol. The molecule has 130 valence electrons. The standard InChI is InChI=1S/C17H18N4O3S/c1-21(2)25(23,24)15-7-3-12(4-8-15)9-17(22)19-14-6-5-13-11-18-20-16(13)10-14/h3-8,10-11H,9H2,1-2H3,(H,18,20)(H,19,22). The molecule has 2 aromatic carbocycles. The smallest absolute Gasteiger partial charge is 0.242 e. The zero-order valence-electron chi connectivity index (χ0n) is 13.9. The summed E-state index contributed by atoms with van der Waals surface area (Å²) in [6.45, 7) is 0. The molecule has 1 heterocycles. The lowest BCUT2D eigenvalue weighted by atomic mass is 10.1. The summed E-state index contributed by atoms with van der Waals surface area (Å²) in [5.41, 5.74) is 2.25. The van der Waals surface area contributed by atoms with Crippen LogP contribution < -0.4 is 5.32 Å². The quantitative estimate of drug-likeness (QED) is 0.729. The highest BCUT2D eigenvalue weighted by atomic mass is 32.2. The van der Waals surface area contributed by atoms with Gasteiger partial charge in [0.1, 0.15) is 0 Å². The second kappa shape index (κ2) is 6.66. The normalized spacial score (nSPS) is 11.8. The number of amides is 1. The highest BCUT2D eigenvalue weighted by Gasteiger charge is 2.16. The fourth-order valence-corrected chi connectivity index (χ4v) is 3.30. The van der Waals surface area contributed by atoms with Gasteiger partial charge in [-0.25, -0.2) is 12.7 Å². The van der Waals surface area contributed by atoms with Crippen LogP contribution in [0.15, 0.2) is 53.6 Å². The van der Waals surface area contributed by atoms with Gasteiger partial charge in [-0.15, -0.1) is 0 Å². The van der Waals surface area contributed by atoms with Crippen molar-refractivity contribution in [1.82, 2.24) is 14.5 Å². The van der Waals surface area contributed by atoms with Crippen LogP contribution in [0.5, 0.6) is 0 Å². The highest BCUT2D eigenvalue weighted by molar-refractivity contribution is 7.89. The van der Waals surface area contributed by atoms with Crippen LogP contribution >= 0.6 is 0 Å². The number of sulfonamides is 1. The summed E-state index contributed by atoms with van der Waals surface area (Å²) in [5, 5.41) is 10.6. The maximum atomic E-state index is 12.2. The Hall–Kier alpha value is -2.71. The zero-order valence-corrected chi connectivity index (χ0v) is 14.7. The Labute approximate surface area is 145 Å². The lowest BCUT2D eigenvalue weighted by Gasteiger charge is -2.11. The van der Waals surface area contributed by atoms with E-state index in [2.05, 4.69) is 15.5 Å². The summed E-state index contributed by atoms with van der Waals surface area (Å²) >= 11 is 0. The number of anilines is 1. The van der Waals surface area contributed by atoms with E-state index in [1.165, 1.54) is 26.2 Å². The van der Waals surface area contributed by atoms with Gasteiger partial charge in [0.15, 0.2) is 0 Å². The topological polar surface area (TPSA) is 95.2 Å². The lowest BCUT2D eigenvalue weighted by molar-refractivity contribution is -0.115. The number of aromatic amines is 1. The van der Waals surface area contributed by atoms with Crippen molar-refractivity contribution in [3.63, 3.8) is 0 Å². The number of benzene rings is 2. The minimum absolute atomic E-state index is 0.156. The van der Waals surface area contributed by atoms with Crippen LogP contribution in [-0.2, 0) is 21.2 Å². The van der Waals surface area contributed by atoms with Crippen molar-refractivity contribution in [3.8, 4) is 0 Å². The molecule has 2 N–H and O–H groups in total. The van der Waals surface area contributed by atoms with Crippen molar-refractivity contribution in [2.75, 3.05) is 19.4 Å². The first-order valence-corrected chi connectivity index (χ1v) is 9.05. The van der Waals surface area contributed by atoms with Gasteiger partial charge in [0.2, 0.25) is 15.9 Å². The van der Waals surface area contributed by atoms with Crippen LogP contribution in [0, 0.1) is 0 Å². The van der Waals surface area contributed by atoms with E-state index in [0.29, 0.717) is 5.69 Å². The third-order valence-corrected chi connectivity index (χ3v) is 5.62. The molecule has 3 rings (SSSR count). The Bertz CT molecular complexity index is 1010. The number of nitrogens with zero attached hydrogens (tertiary/aromatic N) is 2.